The highest BCUT2D eigenvalue weighted by Crippen LogP contribution is 2.45. The first kappa shape index (κ1) is 16.3. The molecule has 1 aliphatic carbocycles. The van der Waals surface area contributed by atoms with E-state index < -0.39 is 0 Å². The van der Waals surface area contributed by atoms with Crippen LogP contribution in [0.4, 0.5) is 0 Å². The maximum Gasteiger partial charge on any atom is 0.249 e. The van der Waals surface area contributed by atoms with Crippen LogP contribution in [0.5, 0.6) is 0 Å². The van der Waals surface area contributed by atoms with Gasteiger partial charge in [-0.3, -0.25) is 4.79 Å². The first-order chi connectivity index (χ1) is 12.2. The van der Waals surface area contributed by atoms with E-state index in [1.165, 1.54) is 0 Å². The highest BCUT2D eigenvalue weighted by molar-refractivity contribution is 5.84. The van der Waals surface area contributed by atoms with E-state index in [1.807, 2.05) is 35.2 Å². The van der Waals surface area contributed by atoms with Gasteiger partial charge in [0.25, 0.3) is 0 Å². The molecule has 2 aliphatic rings. The monoisotopic (exact) mass is 341 g/mol. The number of aromatic nitrogens is 2. The summed E-state index contributed by atoms with van der Waals surface area (Å²) >= 11 is 0. The van der Waals surface area contributed by atoms with Crippen LogP contribution in [0, 0.1) is 5.41 Å². The molecule has 0 N–H and O–H groups in total. The van der Waals surface area contributed by atoms with Gasteiger partial charge in [-0.2, -0.15) is 4.98 Å². The molecule has 6 nitrogen and oxygen atoms in total. The molecular formula is C19H23N3O3. The van der Waals surface area contributed by atoms with E-state index in [9.17, 15) is 4.79 Å². The third-order valence-corrected chi connectivity index (χ3v) is 5.46. The second kappa shape index (κ2) is 6.59. The zero-order valence-electron chi connectivity index (χ0n) is 14.5. The van der Waals surface area contributed by atoms with E-state index in [1.54, 1.807) is 7.11 Å². The van der Waals surface area contributed by atoms with Crippen molar-refractivity contribution in [1.82, 2.24) is 15.0 Å². The van der Waals surface area contributed by atoms with Gasteiger partial charge in [-0.1, -0.05) is 41.9 Å². The quantitative estimate of drug-likeness (QED) is 0.835. The van der Waals surface area contributed by atoms with Crippen LogP contribution in [0.3, 0.4) is 0 Å². The minimum absolute atomic E-state index is 0.119. The lowest BCUT2D eigenvalue weighted by atomic mass is 9.68. The van der Waals surface area contributed by atoms with E-state index in [-0.39, 0.29) is 17.4 Å². The summed E-state index contributed by atoms with van der Waals surface area (Å²) in [4.78, 5) is 19.7. The van der Waals surface area contributed by atoms with E-state index in [2.05, 4.69) is 10.1 Å². The molecule has 25 heavy (non-hydrogen) atoms. The van der Waals surface area contributed by atoms with Crippen molar-refractivity contribution in [3.05, 3.63) is 36.2 Å². The number of methoxy groups -OCH3 is 1. The number of hydrogen-bond donors (Lipinski definition) is 0. The lowest BCUT2D eigenvalue weighted by Gasteiger charge is -2.43. The topological polar surface area (TPSA) is 68.5 Å². The first-order valence-corrected chi connectivity index (χ1v) is 8.92. The standard InChI is InChI=1S/C19H23N3O3/c1-24-13-19(10-6-11-19)18(23)22-12-5-9-15(22)17-20-16(21-25-17)14-7-3-2-4-8-14/h2-4,7-8,15H,5-6,9-13H2,1H3. The second-order valence-electron chi connectivity index (χ2n) is 7.05. The van der Waals surface area contributed by atoms with Gasteiger partial charge in [-0.15, -0.1) is 0 Å². The largest absolute Gasteiger partial charge is 0.384 e. The summed E-state index contributed by atoms with van der Waals surface area (Å²) < 4.78 is 10.9. The summed E-state index contributed by atoms with van der Waals surface area (Å²) in [5.74, 6) is 1.30. The molecule has 0 spiro atoms. The Morgan fingerprint density at radius 1 is 1.32 bits per heavy atom. The van der Waals surface area contributed by atoms with Gasteiger partial charge in [0.1, 0.15) is 6.04 Å². The molecule has 2 aromatic rings. The minimum atomic E-state index is -0.348. The van der Waals surface area contributed by atoms with Gasteiger partial charge in [0.2, 0.25) is 17.6 Å². The molecule has 1 atom stereocenters. The molecule has 1 saturated carbocycles. The first-order valence-electron chi connectivity index (χ1n) is 8.92. The smallest absolute Gasteiger partial charge is 0.249 e. The minimum Gasteiger partial charge on any atom is -0.384 e. The van der Waals surface area contributed by atoms with E-state index in [4.69, 9.17) is 9.26 Å². The van der Waals surface area contributed by atoms with Crippen molar-refractivity contribution in [2.24, 2.45) is 5.41 Å². The summed E-state index contributed by atoms with van der Waals surface area (Å²) in [5, 5.41) is 4.11. The molecule has 0 bridgehead atoms. The number of carbonyl (C=O) groups excluding carboxylic acids is 1. The number of amides is 1. The van der Waals surface area contributed by atoms with Crippen LogP contribution in [0.15, 0.2) is 34.9 Å². The fraction of sp³-hybridized carbons (Fsp3) is 0.526. The van der Waals surface area contributed by atoms with Gasteiger partial charge in [0, 0.05) is 19.2 Å². The third-order valence-electron chi connectivity index (χ3n) is 5.46. The van der Waals surface area contributed by atoms with Crippen LogP contribution in [0.1, 0.15) is 44.0 Å². The Bertz CT molecular complexity index is 739. The predicted octanol–water partition coefficient (Wildman–Crippen LogP) is 3.22. The van der Waals surface area contributed by atoms with Gasteiger partial charge < -0.3 is 14.2 Å². The molecule has 1 amide bonds. The molecule has 1 aliphatic heterocycles. The van der Waals surface area contributed by atoms with Crippen LogP contribution in [0.2, 0.25) is 0 Å². The Labute approximate surface area is 147 Å². The molecule has 2 fully saturated rings. The Morgan fingerprint density at radius 3 is 2.80 bits per heavy atom. The number of carbonyl (C=O) groups is 1. The van der Waals surface area contributed by atoms with Crippen LogP contribution in [-0.2, 0) is 9.53 Å². The molecule has 132 valence electrons. The fourth-order valence-electron chi connectivity index (χ4n) is 3.95. The van der Waals surface area contributed by atoms with Gasteiger partial charge in [-0.05, 0) is 25.7 Å². The number of ether oxygens (including phenoxy) is 1. The molecule has 4 rings (SSSR count). The Hall–Kier alpha value is -2.21. The number of hydrogen-bond acceptors (Lipinski definition) is 5. The van der Waals surface area contributed by atoms with Crippen molar-refractivity contribution < 1.29 is 14.1 Å². The van der Waals surface area contributed by atoms with Gasteiger partial charge in [-0.25, -0.2) is 0 Å². The van der Waals surface area contributed by atoms with Crippen LogP contribution < -0.4 is 0 Å². The number of likely N-dealkylation sites (tertiary alicyclic amines) is 1. The lowest BCUT2D eigenvalue weighted by Crippen LogP contribution is -2.50. The Morgan fingerprint density at radius 2 is 2.12 bits per heavy atom. The predicted molar refractivity (Wildman–Crippen MR) is 91.6 cm³/mol. The number of rotatable bonds is 5. The molecule has 6 heteroatoms. The van der Waals surface area contributed by atoms with Crippen LogP contribution >= 0.6 is 0 Å². The SMILES string of the molecule is COCC1(C(=O)N2CCCC2c2nc(-c3ccccc3)no2)CCC1. The summed E-state index contributed by atoms with van der Waals surface area (Å²) in [7, 11) is 1.67. The molecule has 0 radical (unpaired) electrons. The third kappa shape index (κ3) is 2.84. The number of benzene rings is 1. The van der Waals surface area contributed by atoms with E-state index in [0.29, 0.717) is 18.3 Å². The molecule has 1 aromatic heterocycles. The summed E-state index contributed by atoms with van der Waals surface area (Å²) in [6.07, 6.45) is 4.73. The lowest BCUT2D eigenvalue weighted by molar-refractivity contribution is -0.153. The highest BCUT2D eigenvalue weighted by atomic mass is 16.5. The van der Waals surface area contributed by atoms with Crippen molar-refractivity contribution >= 4 is 5.91 Å². The maximum atomic E-state index is 13.2. The normalized spacial score (nSPS) is 22.0. The number of nitrogens with zero attached hydrogens (tertiary/aromatic N) is 3. The summed E-state index contributed by atoms with van der Waals surface area (Å²) in [6.45, 7) is 1.24. The molecular weight excluding hydrogens is 318 g/mol. The zero-order valence-corrected chi connectivity index (χ0v) is 14.5. The maximum absolute atomic E-state index is 13.2. The summed E-state index contributed by atoms with van der Waals surface area (Å²) in [6, 6.07) is 9.63. The molecule has 1 unspecified atom stereocenters. The van der Waals surface area contributed by atoms with Crippen LogP contribution in [0.25, 0.3) is 11.4 Å². The Kier molecular flexibility index (Phi) is 4.29. The van der Waals surface area contributed by atoms with Crippen LogP contribution in [-0.4, -0.2) is 41.2 Å². The van der Waals surface area contributed by atoms with E-state index >= 15 is 0 Å². The summed E-state index contributed by atoms with van der Waals surface area (Å²) in [5.41, 5.74) is 0.572. The van der Waals surface area contributed by atoms with Crippen molar-refractivity contribution in [2.75, 3.05) is 20.3 Å². The van der Waals surface area contributed by atoms with Gasteiger partial charge >= 0.3 is 0 Å². The zero-order chi connectivity index (χ0) is 17.3. The van der Waals surface area contributed by atoms with E-state index in [0.717, 1.165) is 44.2 Å². The Balaban J connectivity index is 1.56. The van der Waals surface area contributed by atoms with Crippen molar-refractivity contribution in [3.8, 4) is 11.4 Å². The van der Waals surface area contributed by atoms with Crippen molar-refractivity contribution in [1.29, 1.82) is 0 Å². The van der Waals surface area contributed by atoms with Gasteiger partial charge in [0.05, 0.1) is 12.0 Å². The highest BCUT2D eigenvalue weighted by Gasteiger charge is 2.49. The molecule has 1 aromatic carbocycles. The van der Waals surface area contributed by atoms with Crippen molar-refractivity contribution in [3.63, 3.8) is 0 Å². The van der Waals surface area contributed by atoms with Gasteiger partial charge in [0.15, 0.2) is 0 Å². The molecule has 1 saturated heterocycles. The molecule has 2 heterocycles. The van der Waals surface area contributed by atoms with Crippen molar-refractivity contribution in [2.45, 2.75) is 38.1 Å². The average molecular weight is 341 g/mol. The average Bonchev–Trinajstić information content (AvgIpc) is 3.27. The fourth-order valence-corrected chi connectivity index (χ4v) is 3.95. The second-order valence-corrected chi connectivity index (χ2v) is 7.05.